The van der Waals surface area contributed by atoms with Crippen molar-refractivity contribution in [2.45, 2.75) is 38.3 Å². The maximum Gasteiger partial charge on any atom is 0.248 e. The molecular formula is C27H30N6O. The molecule has 3 aromatic heterocycles. The predicted octanol–water partition coefficient (Wildman–Crippen LogP) is 4.08. The molecule has 1 saturated heterocycles. The molecule has 34 heavy (non-hydrogen) atoms. The predicted molar refractivity (Wildman–Crippen MR) is 135 cm³/mol. The number of amides is 1. The molecule has 7 heteroatoms. The minimum atomic E-state index is -0.380. The highest BCUT2D eigenvalue weighted by Gasteiger charge is 2.27. The van der Waals surface area contributed by atoms with Crippen LogP contribution in [0.3, 0.4) is 0 Å². The second-order valence-electron chi connectivity index (χ2n) is 9.29. The Hall–Kier alpha value is -3.71. The molecule has 1 aliphatic rings. The molecule has 1 aromatic carbocycles. The van der Waals surface area contributed by atoms with Gasteiger partial charge in [0.15, 0.2) is 0 Å². The summed E-state index contributed by atoms with van der Waals surface area (Å²) in [4.78, 5) is 23.1. The van der Waals surface area contributed by atoms with E-state index in [0.29, 0.717) is 23.2 Å². The number of nitrogen functional groups attached to an aromatic ring is 1. The molecule has 1 aliphatic heterocycles. The highest BCUT2D eigenvalue weighted by Crippen LogP contribution is 2.34. The number of likely N-dealkylation sites (tertiary alicyclic amines) is 1. The number of carbonyl (C=O) groups excluding carboxylic acids is 1. The number of hydrogen-bond acceptors (Lipinski definition) is 5. The molecule has 174 valence electrons. The van der Waals surface area contributed by atoms with Crippen molar-refractivity contribution in [3.63, 3.8) is 0 Å². The lowest BCUT2D eigenvalue weighted by molar-refractivity contribution is 0.1000. The van der Waals surface area contributed by atoms with E-state index in [4.69, 9.17) is 11.5 Å². The number of pyridine rings is 2. The topological polar surface area (TPSA) is 103 Å². The van der Waals surface area contributed by atoms with Crippen molar-refractivity contribution in [2.75, 3.05) is 12.3 Å². The van der Waals surface area contributed by atoms with Crippen LogP contribution >= 0.6 is 0 Å². The fourth-order valence-corrected chi connectivity index (χ4v) is 5.10. The van der Waals surface area contributed by atoms with E-state index in [1.54, 1.807) is 6.20 Å². The average molecular weight is 455 g/mol. The highest BCUT2D eigenvalue weighted by molar-refractivity contribution is 5.93. The van der Waals surface area contributed by atoms with E-state index in [-0.39, 0.29) is 5.91 Å². The summed E-state index contributed by atoms with van der Waals surface area (Å²) in [5, 5.41) is 1.11. The first-order valence-corrected chi connectivity index (χ1v) is 11.7. The molecule has 0 saturated carbocycles. The zero-order valence-electron chi connectivity index (χ0n) is 19.6. The molecule has 0 unspecified atom stereocenters. The van der Waals surface area contributed by atoms with Gasteiger partial charge in [-0.15, -0.1) is 0 Å². The molecule has 0 radical (unpaired) electrons. The normalized spacial score (nSPS) is 18.9. The third-order valence-corrected chi connectivity index (χ3v) is 7.14. The number of aryl methyl sites for hydroxylation is 1. The standard InChI is InChI=1S/C27H30N6O/c1-17-13-20(18-3-5-19(6-4-18)26(29)34)10-12-33(17)16-22-14-24-23(9-11-30-27(24)32(22)2)25-8-7-21(28)15-31-25/h3-9,11,14-15,17,20H,10,12-13,16,28H2,1-2H3,(H2,29,34)/t17-,20+/m0/s1. The Morgan fingerprint density at radius 2 is 1.91 bits per heavy atom. The quantitative estimate of drug-likeness (QED) is 0.473. The molecule has 0 aliphatic carbocycles. The van der Waals surface area contributed by atoms with Crippen LogP contribution in [-0.4, -0.2) is 37.9 Å². The number of hydrogen-bond donors (Lipinski definition) is 2. The zero-order chi connectivity index (χ0) is 23.8. The average Bonchev–Trinajstić information content (AvgIpc) is 3.16. The van der Waals surface area contributed by atoms with Gasteiger partial charge >= 0.3 is 0 Å². The Kier molecular flexibility index (Phi) is 5.79. The van der Waals surface area contributed by atoms with Gasteiger partial charge < -0.3 is 16.0 Å². The van der Waals surface area contributed by atoms with Gasteiger partial charge in [-0.25, -0.2) is 4.98 Å². The lowest BCUT2D eigenvalue weighted by Crippen LogP contribution is -2.39. The number of benzene rings is 1. The molecule has 1 amide bonds. The van der Waals surface area contributed by atoms with Gasteiger partial charge in [-0.3, -0.25) is 14.7 Å². The van der Waals surface area contributed by atoms with Crippen LogP contribution in [0.1, 0.15) is 47.3 Å². The first-order valence-electron chi connectivity index (χ1n) is 11.7. The van der Waals surface area contributed by atoms with Crippen LogP contribution in [-0.2, 0) is 13.6 Å². The van der Waals surface area contributed by atoms with Crippen molar-refractivity contribution >= 4 is 22.6 Å². The van der Waals surface area contributed by atoms with Crippen LogP contribution in [0.2, 0.25) is 0 Å². The van der Waals surface area contributed by atoms with E-state index in [0.717, 1.165) is 48.2 Å². The summed E-state index contributed by atoms with van der Waals surface area (Å²) in [6.45, 7) is 4.19. The van der Waals surface area contributed by atoms with Gasteiger partial charge in [-0.1, -0.05) is 12.1 Å². The minimum Gasteiger partial charge on any atom is -0.397 e. The van der Waals surface area contributed by atoms with Gasteiger partial charge in [-0.2, -0.15) is 0 Å². The molecule has 4 heterocycles. The van der Waals surface area contributed by atoms with Gasteiger partial charge in [0.1, 0.15) is 5.65 Å². The lowest BCUT2D eigenvalue weighted by Gasteiger charge is -2.38. The number of nitrogens with zero attached hydrogens (tertiary/aromatic N) is 4. The molecule has 5 rings (SSSR count). The number of piperidine rings is 1. The van der Waals surface area contributed by atoms with E-state index >= 15 is 0 Å². The van der Waals surface area contributed by atoms with Crippen LogP contribution in [0.25, 0.3) is 22.3 Å². The van der Waals surface area contributed by atoms with Gasteiger partial charge in [0.05, 0.1) is 17.6 Å². The summed E-state index contributed by atoms with van der Waals surface area (Å²) < 4.78 is 2.19. The molecule has 2 atom stereocenters. The van der Waals surface area contributed by atoms with Gasteiger partial charge in [0.25, 0.3) is 0 Å². The molecule has 4 N–H and O–H groups in total. The largest absolute Gasteiger partial charge is 0.397 e. The number of fused-ring (bicyclic) bond motifs is 1. The fraction of sp³-hybridized carbons (Fsp3) is 0.296. The van der Waals surface area contributed by atoms with E-state index in [1.807, 2.05) is 36.5 Å². The number of rotatable bonds is 5. The Morgan fingerprint density at radius 1 is 1.12 bits per heavy atom. The van der Waals surface area contributed by atoms with Crippen LogP contribution < -0.4 is 11.5 Å². The maximum atomic E-state index is 11.4. The maximum absolute atomic E-state index is 11.4. The fourth-order valence-electron chi connectivity index (χ4n) is 5.10. The zero-order valence-corrected chi connectivity index (χ0v) is 19.6. The second-order valence-corrected chi connectivity index (χ2v) is 9.29. The third kappa shape index (κ3) is 4.15. The van der Waals surface area contributed by atoms with Crippen LogP contribution in [0.4, 0.5) is 5.69 Å². The molecule has 7 nitrogen and oxygen atoms in total. The molecule has 0 spiro atoms. The summed E-state index contributed by atoms with van der Waals surface area (Å²) in [7, 11) is 2.09. The summed E-state index contributed by atoms with van der Waals surface area (Å²) >= 11 is 0. The lowest BCUT2D eigenvalue weighted by atomic mass is 9.85. The van der Waals surface area contributed by atoms with Crippen LogP contribution in [0, 0.1) is 0 Å². The number of carbonyl (C=O) groups is 1. The van der Waals surface area contributed by atoms with E-state index in [1.165, 1.54) is 11.3 Å². The first-order chi connectivity index (χ1) is 16.4. The van der Waals surface area contributed by atoms with E-state index < -0.39 is 0 Å². The van der Waals surface area contributed by atoms with Crippen molar-refractivity contribution in [2.24, 2.45) is 12.8 Å². The van der Waals surface area contributed by atoms with Crippen LogP contribution in [0.15, 0.2) is 60.9 Å². The van der Waals surface area contributed by atoms with E-state index in [9.17, 15) is 4.79 Å². The van der Waals surface area contributed by atoms with Crippen molar-refractivity contribution in [3.8, 4) is 11.3 Å². The summed E-state index contributed by atoms with van der Waals surface area (Å²) in [6.07, 6.45) is 5.71. The molecule has 1 fully saturated rings. The number of primary amides is 1. The molecule has 0 bridgehead atoms. The SMILES string of the molecule is C[C@H]1C[C@H](c2ccc(C(N)=O)cc2)CCN1Cc1cc2c(-c3ccc(N)cn3)ccnc2n1C. The summed E-state index contributed by atoms with van der Waals surface area (Å²) in [6, 6.07) is 16.3. The Bertz CT molecular complexity index is 1330. The minimum absolute atomic E-state index is 0.380. The number of nitrogens with two attached hydrogens (primary N) is 2. The molecular weight excluding hydrogens is 424 g/mol. The smallest absolute Gasteiger partial charge is 0.248 e. The Labute approximate surface area is 199 Å². The van der Waals surface area contributed by atoms with Crippen LogP contribution in [0.5, 0.6) is 0 Å². The van der Waals surface area contributed by atoms with Gasteiger partial charge in [0, 0.05) is 48.0 Å². The summed E-state index contributed by atoms with van der Waals surface area (Å²) in [5.41, 5.74) is 17.9. The summed E-state index contributed by atoms with van der Waals surface area (Å²) in [5.74, 6) is 0.111. The van der Waals surface area contributed by atoms with Crippen molar-refractivity contribution in [1.29, 1.82) is 0 Å². The Morgan fingerprint density at radius 3 is 2.59 bits per heavy atom. The van der Waals surface area contributed by atoms with Crippen molar-refractivity contribution in [3.05, 3.63) is 77.7 Å². The van der Waals surface area contributed by atoms with Crippen molar-refractivity contribution in [1.82, 2.24) is 19.4 Å². The first kappa shape index (κ1) is 22.1. The van der Waals surface area contributed by atoms with Gasteiger partial charge in [0.2, 0.25) is 5.91 Å². The highest BCUT2D eigenvalue weighted by atomic mass is 16.1. The van der Waals surface area contributed by atoms with Gasteiger partial charge in [-0.05, 0) is 74.2 Å². The monoisotopic (exact) mass is 454 g/mol. The van der Waals surface area contributed by atoms with Crippen molar-refractivity contribution < 1.29 is 4.79 Å². The number of aromatic nitrogens is 3. The van der Waals surface area contributed by atoms with E-state index in [2.05, 4.69) is 51.6 Å². The second kappa shape index (κ2) is 8.91. The Balaban J connectivity index is 1.34. The number of anilines is 1. The third-order valence-electron chi connectivity index (χ3n) is 7.14. The molecule has 4 aromatic rings.